The predicted octanol–water partition coefficient (Wildman–Crippen LogP) is 2.67. The van der Waals surface area contributed by atoms with Gasteiger partial charge < -0.3 is 15.8 Å². The molecule has 0 aliphatic carbocycles. The summed E-state index contributed by atoms with van der Waals surface area (Å²) in [6.45, 7) is 3.24. The van der Waals surface area contributed by atoms with Crippen LogP contribution < -0.4 is 15.8 Å². The number of nitrogens with two attached hydrogens (primary N) is 1. The van der Waals surface area contributed by atoms with E-state index in [-0.39, 0.29) is 0 Å². The van der Waals surface area contributed by atoms with E-state index >= 15 is 0 Å². The van der Waals surface area contributed by atoms with Gasteiger partial charge in [-0.15, -0.1) is 0 Å². The van der Waals surface area contributed by atoms with Crippen molar-refractivity contribution in [2.75, 3.05) is 17.7 Å². The topological polar surface area (TPSA) is 60.2 Å². The Labute approximate surface area is 107 Å². The molecule has 0 atom stereocenters. The molecule has 4 heteroatoms. The predicted molar refractivity (Wildman–Crippen MR) is 73.6 cm³/mol. The number of nitrogen functional groups attached to an aromatic ring is 1. The molecule has 1 heterocycles. The lowest BCUT2D eigenvalue weighted by Gasteiger charge is -2.10. The fourth-order valence-corrected chi connectivity index (χ4v) is 1.67. The van der Waals surface area contributed by atoms with Crippen molar-refractivity contribution in [2.45, 2.75) is 13.5 Å². The van der Waals surface area contributed by atoms with Crippen molar-refractivity contribution >= 4 is 11.4 Å². The molecule has 0 aliphatic rings. The van der Waals surface area contributed by atoms with Crippen molar-refractivity contribution in [3.05, 3.63) is 48.3 Å². The number of benzene rings is 1. The standard InChI is InChI=1S/C14H17N3O/c1-2-18-14-8-11(15)7-13(9-14)17-10-12-5-3-4-6-16-12/h3-9,17H,2,10,15H2,1H3. The van der Waals surface area contributed by atoms with Crippen LogP contribution in [0.5, 0.6) is 5.75 Å². The highest BCUT2D eigenvalue weighted by Crippen LogP contribution is 2.22. The number of hydrogen-bond acceptors (Lipinski definition) is 4. The Hall–Kier alpha value is -2.23. The molecule has 0 amide bonds. The maximum Gasteiger partial charge on any atom is 0.123 e. The van der Waals surface area contributed by atoms with Gasteiger partial charge in [0.2, 0.25) is 0 Å². The van der Waals surface area contributed by atoms with Gasteiger partial charge in [0.1, 0.15) is 5.75 Å². The lowest BCUT2D eigenvalue weighted by molar-refractivity contribution is 0.340. The third kappa shape index (κ3) is 3.38. The zero-order chi connectivity index (χ0) is 12.8. The molecule has 0 radical (unpaired) electrons. The van der Waals surface area contributed by atoms with E-state index in [1.807, 2.05) is 43.3 Å². The van der Waals surface area contributed by atoms with E-state index in [1.54, 1.807) is 6.20 Å². The van der Waals surface area contributed by atoms with Gasteiger partial charge in [-0.25, -0.2) is 0 Å². The number of anilines is 2. The van der Waals surface area contributed by atoms with Crippen LogP contribution in [0.1, 0.15) is 12.6 Å². The molecule has 1 aromatic carbocycles. The largest absolute Gasteiger partial charge is 0.494 e. The molecule has 0 saturated carbocycles. The molecule has 0 bridgehead atoms. The van der Waals surface area contributed by atoms with Crippen molar-refractivity contribution in [1.29, 1.82) is 0 Å². The summed E-state index contributed by atoms with van der Waals surface area (Å²) >= 11 is 0. The Morgan fingerprint density at radius 3 is 2.89 bits per heavy atom. The fourth-order valence-electron chi connectivity index (χ4n) is 1.67. The molecule has 94 valence electrons. The second-order valence-electron chi connectivity index (χ2n) is 3.90. The summed E-state index contributed by atoms with van der Waals surface area (Å²) in [7, 11) is 0. The molecule has 1 aromatic heterocycles. The highest BCUT2D eigenvalue weighted by Gasteiger charge is 2.00. The highest BCUT2D eigenvalue weighted by atomic mass is 16.5. The first-order valence-electron chi connectivity index (χ1n) is 5.95. The van der Waals surface area contributed by atoms with Gasteiger partial charge in [-0.05, 0) is 25.1 Å². The minimum absolute atomic E-state index is 0.628. The van der Waals surface area contributed by atoms with Crippen LogP contribution in [0.3, 0.4) is 0 Å². The van der Waals surface area contributed by atoms with E-state index in [1.165, 1.54) is 0 Å². The molecule has 0 fully saturated rings. The monoisotopic (exact) mass is 243 g/mol. The molecule has 0 unspecified atom stereocenters. The Balaban J connectivity index is 2.05. The molecule has 0 spiro atoms. The maximum atomic E-state index is 5.82. The van der Waals surface area contributed by atoms with Gasteiger partial charge in [0.05, 0.1) is 18.8 Å². The Bertz CT molecular complexity index is 500. The molecular weight excluding hydrogens is 226 g/mol. The number of aromatic nitrogens is 1. The maximum absolute atomic E-state index is 5.82. The summed E-state index contributed by atoms with van der Waals surface area (Å²) in [6.07, 6.45) is 1.78. The minimum atomic E-state index is 0.628. The minimum Gasteiger partial charge on any atom is -0.494 e. The van der Waals surface area contributed by atoms with Crippen LogP contribution in [0.2, 0.25) is 0 Å². The zero-order valence-electron chi connectivity index (χ0n) is 10.4. The molecule has 3 N–H and O–H groups in total. The lowest BCUT2D eigenvalue weighted by Crippen LogP contribution is -2.02. The Kier molecular flexibility index (Phi) is 4.02. The summed E-state index contributed by atoms with van der Waals surface area (Å²) in [5.41, 5.74) is 8.43. The van der Waals surface area contributed by atoms with Crippen molar-refractivity contribution in [3.8, 4) is 5.75 Å². The van der Waals surface area contributed by atoms with Crippen molar-refractivity contribution in [2.24, 2.45) is 0 Å². The second-order valence-corrected chi connectivity index (χ2v) is 3.90. The zero-order valence-corrected chi connectivity index (χ0v) is 10.4. The van der Waals surface area contributed by atoms with Crippen molar-refractivity contribution in [1.82, 2.24) is 4.98 Å². The average molecular weight is 243 g/mol. The second kappa shape index (κ2) is 5.91. The first kappa shape index (κ1) is 12.2. The van der Waals surface area contributed by atoms with E-state index in [2.05, 4.69) is 10.3 Å². The van der Waals surface area contributed by atoms with E-state index in [0.29, 0.717) is 18.8 Å². The van der Waals surface area contributed by atoms with Crippen LogP contribution >= 0.6 is 0 Å². The molecule has 2 aromatic rings. The van der Waals surface area contributed by atoms with Gasteiger partial charge in [0, 0.05) is 29.7 Å². The van der Waals surface area contributed by atoms with Crippen LogP contribution in [-0.2, 0) is 6.54 Å². The lowest BCUT2D eigenvalue weighted by atomic mass is 10.2. The van der Waals surface area contributed by atoms with Gasteiger partial charge in [0.25, 0.3) is 0 Å². The number of nitrogens with zero attached hydrogens (tertiary/aromatic N) is 1. The number of ether oxygens (including phenoxy) is 1. The van der Waals surface area contributed by atoms with E-state index in [9.17, 15) is 0 Å². The highest BCUT2D eigenvalue weighted by molar-refractivity contribution is 5.59. The van der Waals surface area contributed by atoms with Crippen LogP contribution in [0.4, 0.5) is 11.4 Å². The first-order valence-corrected chi connectivity index (χ1v) is 5.95. The number of pyridine rings is 1. The van der Waals surface area contributed by atoms with Gasteiger partial charge in [-0.2, -0.15) is 0 Å². The molecule has 2 rings (SSSR count). The third-order valence-electron chi connectivity index (χ3n) is 2.44. The van der Waals surface area contributed by atoms with Crippen LogP contribution in [0.25, 0.3) is 0 Å². The third-order valence-corrected chi connectivity index (χ3v) is 2.44. The van der Waals surface area contributed by atoms with Crippen LogP contribution in [0.15, 0.2) is 42.6 Å². The summed E-state index contributed by atoms with van der Waals surface area (Å²) in [5.74, 6) is 0.779. The number of rotatable bonds is 5. The van der Waals surface area contributed by atoms with Gasteiger partial charge in [-0.3, -0.25) is 4.98 Å². The molecular formula is C14H17N3O. The van der Waals surface area contributed by atoms with E-state index < -0.39 is 0 Å². The summed E-state index contributed by atoms with van der Waals surface area (Å²) in [4.78, 5) is 4.25. The van der Waals surface area contributed by atoms with Gasteiger partial charge in [0.15, 0.2) is 0 Å². The van der Waals surface area contributed by atoms with Crippen molar-refractivity contribution in [3.63, 3.8) is 0 Å². The summed E-state index contributed by atoms with van der Waals surface area (Å²) in [6, 6.07) is 11.5. The molecule has 4 nitrogen and oxygen atoms in total. The fraction of sp³-hybridized carbons (Fsp3) is 0.214. The SMILES string of the molecule is CCOc1cc(N)cc(NCc2ccccn2)c1. The van der Waals surface area contributed by atoms with E-state index in [0.717, 1.165) is 17.1 Å². The Morgan fingerprint density at radius 1 is 1.28 bits per heavy atom. The van der Waals surface area contributed by atoms with Crippen LogP contribution in [0, 0.1) is 0 Å². The van der Waals surface area contributed by atoms with Crippen molar-refractivity contribution < 1.29 is 4.74 Å². The van der Waals surface area contributed by atoms with Gasteiger partial charge >= 0.3 is 0 Å². The molecule has 18 heavy (non-hydrogen) atoms. The summed E-state index contributed by atoms with van der Waals surface area (Å²) in [5, 5.41) is 3.28. The van der Waals surface area contributed by atoms with Gasteiger partial charge in [-0.1, -0.05) is 6.07 Å². The number of nitrogens with one attached hydrogen (secondary N) is 1. The van der Waals surface area contributed by atoms with E-state index in [4.69, 9.17) is 10.5 Å². The average Bonchev–Trinajstić information content (AvgIpc) is 2.37. The first-order chi connectivity index (χ1) is 8.78. The Morgan fingerprint density at radius 2 is 2.17 bits per heavy atom. The smallest absolute Gasteiger partial charge is 0.123 e. The molecule has 0 saturated heterocycles. The molecule has 0 aliphatic heterocycles. The normalized spacial score (nSPS) is 10.1. The number of hydrogen-bond donors (Lipinski definition) is 2. The quantitative estimate of drug-likeness (QED) is 0.793. The summed E-state index contributed by atoms with van der Waals surface area (Å²) < 4.78 is 5.44. The van der Waals surface area contributed by atoms with Crippen LogP contribution in [-0.4, -0.2) is 11.6 Å².